The molecular weight excluding hydrogens is 352 g/mol. The molecule has 2 aromatic rings. The number of ether oxygens (including phenoxy) is 1. The molecule has 1 saturated carbocycles. The van der Waals surface area contributed by atoms with Crippen molar-refractivity contribution in [3.8, 4) is 5.75 Å². The predicted octanol–water partition coefficient (Wildman–Crippen LogP) is 4.36. The molecule has 0 aliphatic heterocycles. The van der Waals surface area contributed by atoms with Crippen LogP contribution in [0, 0.1) is 5.92 Å². The van der Waals surface area contributed by atoms with E-state index in [1.807, 2.05) is 13.0 Å². The molecule has 0 saturated heterocycles. The quantitative estimate of drug-likeness (QED) is 0.819. The molecule has 2 amide bonds. The molecule has 5 nitrogen and oxygen atoms in total. The van der Waals surface area contributed by atoms with Crippen LogP contribution in [0.2, 0.25) is 5.02 Å². The fourth-order valence-corrected chi connectivity index (χ4v) is 2.97. The van der Waals surface area contributed by atoms with Gasteiger partial charge in [0, 0.05) is 18.7 Å². The minimum atomic E-state index is -0.295. The third-order valence-electron chi connectivity index (χ3n) is 4.26. The van der Waals surface area contributed by atoms with Gasteiger partial charge in [-0.3, -0.25) is 9.59 Å². The van der Waals surface area contributed by atoms with Crippen molar-refractivity contribution in [3.05, 3.63) is 53.1 Å². The predicted molar refractivity (Wildman–Crippen MR) is 103 cm³/mol. The molecular formula is C20H21ClN2O3. The van der Waals surface area contributed by atoms with Gasteiger partial charge < -0.3 is 15.0 Å². The molecule has 0 aromatic heterocycles. The maximum absolute atomic E-state index is 12.7. The van der Waals surface area contributed by atoms with E-state index in [4.69, 9.17) is 16.3 Å². The molecule has 136 valence electrons. The van der Waals surface area contributed by atoms with Gasteiger partial charge in [-0.15, -0.1) is 0 Å². The maximum Gasteiger partial charge on any atom is 0.257 e. The lowest BCUT2D eigenvalue weighted by Crippen LogP contribution is -2.29. The number of hydrogen-bond acceptors (Lipinski definition) is 3. The third kappa shape index (κ3) is 3.99. The van der Waals surface area contributed by atoms with E-state index in [0.29, 0.717) is 34.3 Å². The van der Waals surface area contributed by atoms with Gasteiger partial charge in [-0.25, -0.2) is 0 Å². The van der Waals surface area contributed by atoms with Crippen molar-refractivity contribution in [3.63, 3.8) is 0 Å². The van der Waals surface area contributed by atoms with Crippen LogP contribution >= 0.6 is 11.6 Å². The molecule has 0 radical (unpaired) electrons. The lowest BCUT2D eigenvalue weighted by Gasteiger charge is -2.20. The second kappa shape index (κ2) is 7.79. The zero-order valence-corrected chi connectivity index (χ0v) is 15.5. The number of rotatable bonds is 6. The molecule has 3 rings (SSSR count). The molecule has 1 aliphatic carbocycles. The van der Waals surface area contributed by atoms with E-state index in [1.165, 1.54) is 0 Å². The number of hydrogen-bond donors (Lipinski definition) is 1. The topological polar surface area (TPSA) is 58.6 Å². The first-order valence-corrected chi connectivity index (χ1v) is 8.99. The Bertz CT molecular complexity index is 834. The van der Waals surface area contributed by atoms with E-state index >= 15 is 0 Å². The van der Waals surface area contributed by atoms with Crippen molar-refractivity contribution < 1.29 is 14.3 Å². The van der Waals surface area contributed by atoms with Crippen LogP contribution in [0.25, 0.3) is 0 Å². The Hall–Kier alpha value is -2.53. The summed E-state index contributed by atoms with van der Waals surface area (Å²) in [5, 5.41) is 3.26. The summed E-state index contributed by atoms with van der Waals surface area (Å²) >= 11 is 6.17. The number of nitrogens with one attached hydrogen (secondary N) is 1. The minimum Gasteiger partial charge on any atom is -0.492 e. The Kier molecular flexibility index (Phi) is 5.47. The molecule has 6 heteroatoms. The van der Waals surface area contributed by atoms with E-state index in [0.717, 1.165) is 12.8 Å². The first kappa shape index (κ1) is 18.3. The highest BCUT2D eigenvalue weighted by atomic mass is 35.5. The molecule has 1 fully saturated rings. The van der Waals surface area contributed by atoms with Crippen molar-refractivity contribution in [2.24, 2.45) is 5.92 Å². The van der Waals surface area contributed by atoms with Crippen molar-refractivity contribution in [2.45, 2.75) is 19.8 Å². The summed E-state index contributed by atoms with van der Waals surface area (Å²) < 4.78 is 5.40. The normalized spacial score (nSPS) is 13.2. The number of benzene rings is 2. The highest BCUT2D eigenvalue weighted by Gasteiger charge is 2.33. The van der Waals surface area contributed by atoms with E-state index in [-0.39, 0.29) is 17.7 Å². The number of carbonyl (C=O) groups excluding carboxylic acids is 2. The summed E-state index contributed by atoms with van der Waals surface area (Å²) in [5.41, 5.74) is 1.60. The lowest BCUT2D eigenvalue weighted by molar-refractivity contribution is -0.119. The number of amides is 2. The summed E-state index contributed by atoms with van der Waals surface area (Å²) in [7, 11) is 1.71. The standard InChI is InChI=1S/C20H21ClN2O3/c1-3-26-18-11-10-14(12-16(18)21)22-19(24)15-6-4-5-7-17(15)23(2)20(25)13-8-9-13/h4-7,10-13H,3,8-9H2,1-2H3,(H,22,24). The fraction of sp³-hybridized carbons (Fsp3) is 0.300. The van der Waals surface area contributed by atoms with Gasteiger partial charge in [-0.1, -0.05) is 23.7 Å². The van der Waals surface area contributed by atoms with Gasteiger partial charge in [0.05, 0.1) is 22.9 Å². The van der Waals surface area contributed by atoms with Crippen LogP contribution in [-0.2, 0) is 4.79 Å². The first-order valence-electron chi connectivity index (χ1n) is 8.61. The first-order chi connectivity index (χ1) is 12.5. The minimum absolute atomic E-state index is 0.0503. The molecule has 1 N–H and O–H groups in total. The highest BCUT2D eigenvalue weighted by Crippen LogP contribution is 2.33. The highest BCUT2D eigenvalue weighted by molar-refractivity contribution is 6.32. The maximum atomic E-state index is 12.7. The van der Waals surface area contributed by atoms with Crippen LogP contribution in [0.5, 0.6) is 5.75 Å². The number of halogens is 1. The zero-order chi connectivity index (χ0) is 18.7. The molecule has 26 heavy (non-hydrogen) atoms. The summed E-state index contributed by atoms with van der Waals surface area (Å²) in [5.74, 6) is 0.411. The molecule has 0 spiro atoms. The summed E-state index contributed by atoms with van der Waals surface area (Å²) in [6.45, 7) is 2.39. The van der Waals surface area contributed by atoms with Gasteiger partial charge in [0.25, 0.3) is 5.91 Å². The zero-order valence-electron chi connectivity index (χ0n) is 14.8. The second-order valence-corrected chi connectivity index (χ2v) is 6.63. The van der Waals surface area contributed by atoms with Crippen molar-refractivity contribution in [1.82, 2.24) is 0 Å². The SMILES string of the molecule is CCOc1ccc(NC(=O)c2ccccc2N(C)C(=O)C2CC2)cc1Cl. The van der Waals surface area contributed by atoms with Crippen molar-refractivity contribution in [1.29, 1.82) is 0 Å². The summed E-state index contributed by atoms with van der Waals surface area (Å²) in [4.78, 5) is 26.7. The number of para-hydroxylation sites is 1. The Morgan fingerprint density at radius 1 is 1.23 bits per heavy atom. The van der Waals surface area contributed by atoms with E-state index < -0.39 is 0 Å². The van der Waals surface area contributed by atoms with E-state index in [2.05, 4.69) is 5.32 Å². The second-order valence-electron chi connectivity index (χ2n) is 6.22. The monoisotopic (exact) mass is 372 g/mol. The van der Waals surface area contributed by atoms with Crippen LogP contribution in [0.4, 0.5) is 11.4 Å². The summed E-state index contributed by atoms with van der Waals surface area (Å²) in [6, 6.07) is 12.2. The van der Waals surface area contributed by atoms with Gasteiger partial charge in [0.15, 0.2) is 0 Å². The number of nitrogens with zero attached hydrogens (tertiary/aromatic N) is 1. The Labute approximate surface area is 157 Å². The van der Waals surface area contributed by atoms with Crippen LogP contribution in [0.3, 0.4) is 0 Å². The molecule has 0 unspecified atom stereocenters. The fourth-order valence-electron chi connectivity index (χ4n) is 2.73. The molecule has 1 aliphatic rings. The lowest BCUT2D eigenvalue weighted by atomic mass is 10.1. The molecule has 0 heterocycles. The summed E-state index contributed by atoms with van der Waals surface area (Å²) in [6.07, 6.45) is 1.84. The van der Waals surface area contributed by atoms with Crippen LogP contribution in [0.1, 0.15) is 30.1 Å². The number of carbonyl (C=O) groups is 2. The molecule has 2 aromatic carbocycles. The van der Waals surface area contributed by atoms with Crippen LogP contribution < -0.4 is 15.0 Å². The van der Waals surface area contributed by atoms with Gasteiger partial charge >= 0.3 is 0 Å². The molecule has 0 atom stereocenters. The van der Waals surface area contributed by atoms with Gasteiger partial charge in [-0.2, -0.15) is 0 Å². The van der Waals surface area contributed by atoms with E-state index in [9.17, 15) is 9.59 Å². The average Bonchev–Trinajstić information content (AvgIpc) is 3.48. The van der Waals surface area contributed by atoms with Gasteiger partial charge in [-0.05, 0) is 50.1 Å². The van der Waals surface area contributed by atoms with Gasteiger partial charge in [0.1, 0.15) is 5.75 Å². The third-order valence-corrected chi connectivity index (χ3v) is 4.55. The van der Waals surface area contributed by atoms with E-state index in [1.54, 1.807) is 48.3 Å². The van der Waals surface area contributed by atoms with Crippen LogP contribution in [-0.4, -0.2) is 25.5 Å². The Balaban J connectivity index is 1.80. The Morgan fingerprint density at radius 2 is 1.96 bits per heavy atom. The van der Waals surface area contributed by atoms with Crippen molar-refractivity contribution in [2.75, 3.05) is 23.9 Å². The van der Waals surface area contributed by atoms with Gasteiger partial charge in [0.2, 0.25) is 5.91 Å². The number of anilines is 2. The Morgan fingerprint density at radius 3 is 2.62 bits per heavy atom. The van der Waals surface area contributed by atoms with Crippen molar-refractivity contribution >= 4 is 34.8 Å². The molecule has 0 bridgehead atoms. The smallest absolute Gasteiger partial charge is 0.257 e. The largest absolute Gasteiger partial charge is 0.492 e. The average molecular weight is 373 g/mol. The van der Waals surface area contributed by atoms with Crippen LogP contribution in [0.15, 0.2) is 42.5 Å².